The smallest absolute Gasteiger partial charge is 0.382 e. The second kappa shape index (κ2) is 4.70. The van der Waals surface area contributed by atoms with E-state index in [1.54, 1.807) is 0 Å². The van der Waals surface area contributed by atoms with Gasteiger partial charge in [-0.1, -0.05) is 11.6 Å². The number of halogens is 5. The number of hydrogen-bond acceptors (Lipinski definition) is 1. The standard InChI is InChI=1S/C9H8ClF4N/c10-8-2-1-6(15-4-3-11)5-7(8)9(12,13)14/h1-2,5,15H,3-4H2. The Kier molecular flexibility index (Phi) is 3.79. The van der Waals surface area contributed by atoms with Gasteiger partial charge in [0.05, 0.1) is 10.6 Å². The first-order valence-corrected chi connectivity index (χ1v) is 4.49. The number of rotatable bonds is 3. The van der Waals surface area contributed by atoms with E-state index in [4.69, 9.17) is 11.6 Å². The van der Waals surface area contributed by atoms with Crippen molar-refractivity contribution >= 4 is 17.3 Å². The van der Waals surface area contributed by atoms with Gasteiger partial charge in [-0.2, -0.15) is 13.2 Å². The normalized spacial score (nSPS) is 11.5. The Morgan fingerprint density at radius 2 is 1.93 bits per heavy atom. The van der Waals surface area contributed by atoms with E-state index in [1.807, 2.05) is 0 Å². The molecule has 0 saturated heterocycles. The summed E-state index contributed by atoms with van der Waals surface area (Å²) in [6, 6.07) is 3.36. The Morgan fingerprint density at radius 3 is 2.47 bits per heavy atom. The topological polar surface area (TPSA) is 12.0 Å². The lowest BCUT2D eigenvalue weighted by Gasteiger charge is -2.11. The summed E-state index contributed by atoms with van der Waals surface area (Å²) in [7, 11) is 0. The number of benzene rings is 1. The molecule has 0 spiro atoms. The van der Waals surface area contributed by atoms with Crippen LogP contribution in [0.3, 0.4) is 0 Å². The molecule has 0 aliphatic heterocycles. The molecular formula is C9H8ClF4N. The van der Waals surface area contributed by atoms with Crippen LogP contribution in [0.4, 0.5) is 23.2 Å². The zero-order valence-electron chi connectivity index (χ0n) is 7.54. The van der Waals surface area contributed by atoms with Crippen molar-refractivity contribution in [3.05, 3.63) is 28.8 Å². The van der Waals surface area contributed by atoms with Crippen LogP contribution in [0.25, 0.3) is 0 Å². The van der Waals surface area contributed by atoms with E-state index in [1.165, 1.54) is 6.07 Å². The van der Waals surface area contributed by atoms with Crippen LogP contribution in [0, 0.1) is 0 Å². The third kappa shape index (κ3) is 3.27. The van der Waals surface area contributed by atoms with Crippen molar-refractivity contribution in [2.24, 2.45) is 0 Å². The summed E-state index contributed by atoms with van der Waals surface area (Å²) in [6.07, 6.45) is -4.50. The van der Waals surface area contributed by atoms with Crippen LogP contribution in [0.2, 0.25) is 5.02 Å². The third-order valence-corrected chi connectivity index (χ3v) is 2.02. The van der Waals surface area contributed by atoms with Crippen LogP contribution < -0.4 is 5.32 Å². The molecule has 1 N–H and O–H groups in total. The molecular weight excluding hydrogens is 234 g/mol. The fourth-order valence-electron chi connectivity index (χ4n) is 1.04. The minimum Gasteiger partial charge on any atom is -0.382 e. The van der Waals surface area contributed by atoms with Crippen LogP contribution in [0.1, 0.15) is 5.56 Å². The van der Waals surface area contributed by atoms with Crippen LogP contribution in [0.5, 0.6) is 0 Å². The monoisotopic (exact) mass is 241 g/mol. The maximum Gasteiger partial charge on any atom is 0.417 e. The molecule has 0 radical (unpaired) electrons. The van der Waals surface area contributed by atoms with Gasteiger partial charge in [0.25, 0.3) is 0 Å². The molecule has 1 aromatic rings. The van der Waals surface area contributed by atoms with Gasteiger partial charge in [0, 0.05) is 12.2 Å². The van der Waals surface area contributed by atoms with Gasteiger partial charge in [0.1, 0.15) is 6.67 Å². The first-order chi connectivity index (χ1) is 6.95. The summed E-state index contributed by atoms with van der Waals surface area (Å²) in [5.74, 6) is 0. The van der Waals surface area contributed by atoms with Crippen molar-refractivity contribution in [1.29, 1.82) is 0 Å². The predicted molar refractivity (Wildman–Crippen MR) is 50.9 cm³/mol. The maximum atomic E-state index is 12.4. The van der Waals surface area contributed by atoms with Crippen LogP contribution in [-0.4, -0.2) is 13.2 Å². The van der Waals surface area contributed by atoms with Crippen LogP contribution in [0.15, 0.2) is 18.2 Å². The molecule has 0 aromatic heterocycles. The van der Waals surface area contributed by atoms with Gasteiger partial charge < -0.3 is 5.32 Å². The molecule has 6 heteroatoms. The van der Waals surface area contributed by atoms with Crippen molar-refractivity contribution in [3.8, 4) is 0 Å². The van der Waals surface area contributed by atoms with Gasteiger partial charge in [-0.15, -0.1) is 0 Å². The third-order valence-electron chi connectivity index (χ3n) is 1.70. The van der Waals surface area contributed by atoms with E-state index in [-0.39, 0.29) is 17.3 Å². The van der Waals surface area contributed by atoms with Gasteiger partial charge in [-0.05, 0) is 18.2 Å². The molecule has 84 valence electrons. The van der Waals surface area contributed by atoms with E-state index < -0.39 is 18.4 Å². The minimum atomic E-state index is -4.50. The van der Waals surface area contributed by atoms with E-state index in [2.05, 4.69) is 5.32 Å². The molecule has 0 amide bonds. The van der Waals surface area contributed by atoms with Crippen molar-refractivity contribution in [2.45, 2.75) is 6.18 Å². The zero-order valence-corrected chi connectivity index (χ0v) is 8.29. The second-order valence-corrected chi connectivity index (χ2v) is 3.22. The quantitative estimate of drug-likeness (QED) is 0.795. The maximum absolute atomic E-state index is 12.4. The molecule has 15 heavy (non-hydrogen) atoms. The summed E-state index contributed by atoms with van der Waals surface area (Å²) in [5.41, 5.74) is -0.725. The summed E-state index contributed by atoms with van der Waals surface area (Å²) < 4.78 is 48.9. The molecule has 0 fully saturated rings. The fourth-order valence-corrected chi connectivity index (χ4v) is 1.27. The first-order valence-electron chi connectivity index (χ1n) is 4.11. The summed E-state index contributed by atoms with van der Waals surface area (Å²) in [6.45, 7) is -0.678. The van der Waals surface area contributed by atoms with Crippen molar-refractivity contribution in [3.63, 3.8) is 0 Å². The second-order valence-electron chi connectivity index (χ2n) is 2.81. The molecule has 1 aromatic carbocycles. The Morgan fingerprint density at radius 1 is 1.27 bits per heavy atom. The largest absolute Gasteiger partial charge is 0.417 e. The lowest BCUT2D eigenvalue weighted by molar-refractivity contribution is -0.137. The average molecular weight is 242 g/mol. The van der Waals surface area contributed by atoms with Gasteiger partial charge in [-0.3, -0.25) is 0 Å². The lowest BCUT2D eigenvalue weighted by atomic mass is 10.2. The van der Waals surface area contributed by atoms with Gasteiger partial charge in [0.15, 0.2) is 0 Å². The Labute approximate surface area is 89.0 Å². The highest BCUT2D eigenvalue weighted by Gasteiger charge is 2.33. The zero-order chi connectivity index (χ0) is 11.5. The average Bonchev–Trinajstić information content (AvgIpc) is 2.15. The lowest BCUT2D eigenvalue weighted by Crippen LogP contribution is -2.08. The summed E-state index contributed by atoms with van der Waals surface area (Å²) in [5, 5.41) is 2.13. The molecule has 0 aliphatic rings. The van der Waals surface area contributed by atoms with Crippen LogP contribution in [-0.2, 0) is 6.18 Å². The highest BCUT2D eigenvalue weighted by Crippen LogP contribution is 2.36. The van der Waals surface area contributed by atoms with E-state index >= 15 is 0 Å². The van der Waals surface area contributed by atoms with Gasteiger partial charge in [0.2, 0.25) is 0 Å². The molecule has 0 heterocycles. The molecule has 0 bridgehead atoms. The Balaban J connectivity index is 2.95. The van der Waals surface area contributed by atoms with Crippen molar-refractivity contribution in [2.75, 3.05) is 18.5 Å². The van der Waals surface area contributed by atoms with Crippen molar-refractivity contribution < 1.29 is 17.6 Å². The summed E-state index contributed by atoms with van der Waals surface area (Å²) >= 11 is 5.39. The van der Waals surface area contributed by atoms with Gasteiger partial charge in [-0.25, -0.2) is 4.39 Å². The molecule has 1 nitrogen and oxygen atoms in total. The highest BCUT2D eigenvalue weighted by molar-refractivity contribution is 6.31. The van der Waals surface area contributed by atoms with Gasteiger partial charge >= 0.3 is 6.18 Å². The molecule has 0 atom stereocenters. The number of anilines is 1. The Hall–Kier alpha value is -0.970. The summed E-state index contributed by atoms with van der Waals surface area (Å²) in [4.78, 5) is 0. The van der Waals surface area contributed by atoms with Crippen molar-refractivity contribution in [1.82, 2.24) is 0 Å². The first kappa shape index (κ1) is 12.1. The van der Waals surface area contributed by atoms with E-state index in [0.717, 1.165) is 12.1 Å². The number of nitrogens with one attached hydrogen (secondary N) is 1. The Bertz CT molecular complexity index is 337. The molecule has 1 rings (SSSR count). The van der Waals surface area contributed by atoms with E-state index in [0.29, 0.717) is 0 Å². The predicted octanol–water partition coefficient (Wildman–Crippen LogP) is 3.74. The molecule has 0 aliphatic carbocycles. The fraction of sp³-hybridized carbons (Fsp3) is 0.333. The molecule has 0 saturated carbocycles. The SMILES string of the molecule is FCCNc1ccc(Cl)c(C(F)(F)F)c1. The van der Waals surface area contributed by atoms with Crippen LogP contribution >= 0.6 is 11.6 Å². The van der Waals surface area contributed by atoms with E-state index in [9.17, 15) is 17.6 Å². The number of alkyl halides is 4. The minimum absolute atomic E-state index is 0.0288. The molecule has 0 unspecified atom stereocenters. The highest BCUT2D eigenvalue weighted by atomic mass is 35.5. The number of hydrogen-bond donors (Lipinski definition) is 1.